The largest absolute Gasteiger partial charge is 0.480 e. The normalized spacial score (nSPS) is 16.9. The molecule has 224 valence electrons. The van der Waals surface area contributed by atoms with Gasteiger partial charge in [-0.05, 0) is 56.6 Å². The fourth-order valence-electron chi connectivity index (χ4n) is 4.57. The standard InChI is InChI=1S/C31H49N3O6/c1-21(2)17-26(29(37)38)33-28(36)25(18-23-13-9-7-10-14-23)32-27(35)20-34(30(39)40-31(4,5)6)19-22(3)24-15-11-8-12-16-24/h7-16,21-22,25-28,30,32-33,35-36,39H,17-20H2,1-6H3,(H,37,38)/t22-,25+,26+,27+,28+,30+/m0/s1. The summed E-state index contributed by atoms with van der Waals surface area (Å²) in [5, 5.41) is 48.8. The molecule has 6 atom stereocenters. The number of carboxylic acid groups (broad SMARTS) is 1. The highest BCUT2D eigenvalue weighted by molar-refractivity contribution is 5.73. The Balaban J connectivity index is 2.22. The minimum Gasteiger partial charge on any atom is -0.480 e. The molecule has 0 amide bonds. The molecule has 0 bridgehead atoms. The van der Waals surface area contributed by atoms with Crippen LogP contribution in [0.5, 0.6) is 0 Å². The number of carboxylic acids is 1. The van der Waals surface area contributed by atoms with Gasteiger partial charge in [-0.25, -0.2) is 0 Å². The van der Waals surface area contributed by atoms with Crippen LogP contribution in [0.25, 0.3) is 0 Å². The zero-order valence-corrected chi connectivity index (χ0v) is 24.7. The highest BCUT2D eigenvalue weighted by Crippen LogP contribution is 2.20. The van der Waals surface area contributed by atoms with Crippen molar-refractivity contribution >= 4 is 5.97 Å². The molecule has 0 aliphatic carbocycles. The van der Waals surface area contributed by atoms with Gasteiger partial charge in [0.25, 0.3) is 0 Å². The molecular weight excluding hydrogens is 510 g/mol. The van der Waals surface area contributed by atoms with Crippen molar-refractivity contribution < 1.29 is 30.0 Å². The number of benzene rings is 2. The second-order valence-corrected chi connectivity index (χ2v) is 11.9. The first-order chi connectivity index (χ1) is 18.7. The molecule has 0 saturated heterocycles. The van der Waals surface area contributed by atoms with Crippen molar-refractivity contribution in [2.75, 3.05) is 13.1 Å². The lowest BCUT2D eigenvalue weighted by Gasteiger charge is -2.36. The Morgan fingerprint density at radius 2 is 1.48 bits per heavy atom. The Hall–Kier alpha value is -2.37. The Bertz CT molecular complexity index is 986. The van der Waals surface area contributed by atoms with Gasteiger partial charge in [0.05, 0.1) is 11.6 Å². The van der Waals surface area contributed by atoms with Gasteiger partial charge in [0, 0.05) is 13.1 Å². The van der Waals surface area contributed by atoms with Crippen LogP contribution in [-0.2, 0) is 16.0 Å². The highest BCUT2D eigenvalue weighted by Gasteiger charge is 2.31. The van der Waals surface area contributed by atoms with E-state index in [1.165, 1.54) is 0 Å². The first kappa shape index (κ1) is 33.8. The van der Waals surface area contributed by atoms with Crippen molar-refractivity contribution in [1.82, 2.24) is 15.5 Å². The Labute approximate surface area is 239 Å². The SMILES string of the molecule is CC(C)C[C@@H](N[C@H](O)[C@@H](Cc1ccccc1)N[C@H](O)CN(C[C@H](C)c1ccccc1)[C@H](O)OC(C)(C)C)C(=O)O. The summed E-state index contributed by atoms with van der Waals surface area (Å²) in [5.41, 5.74) is 1.38. The third-order valence-corrected chi connectivity index (χ3v) is 6.52. The van der Waals surface area contributed by atoms with Crippen molar-refractivity contribution in [2.45, 2.75) is 96.9 Å². The number of aliphatic hydroxyl groups excluding tert-OH is 3. The topological polar surface area (TPSA) is 135 Å². The van der Waals surface area contributed by atoms with Crippen molar-refractivity contribution in [1.29, 1.82) is 0 Å². The molecule has 0 aliphatic rings. The predicted octanol–water partition coefficient (Wildman–Crippen LogP) is 3.11. The summed E-state index contributed by atoms with van der Waals surface area (Å²) >= 11 is 0. The smallest absolute Gasteiger partial charge is 0.320 e. The van der Waals surface area contributed by atoms with Gasteiger partial charge in [0.2, 0.25) is 6.41 Å². The fraction of sp³-hybridized carbons (Fsp3) is 0.581. The predicted molar refractivity (Wildman–Crippen MR) is 156 cm³/mol. The number of hydrogen-bond donors (Lipinski definition) is 6. The van der Waals surface area contributed by atoms with Crippen LogP contribution >= 0.6 is 0 Å². The zero-order chi connectivity index (χ0) is 29.9. The van der Waals surface area contributed by atoms with E-state index in [-0.39, 0.29) is 18.4 Å². The minimum atomic E-state index is -1.28. The van der Waals surface area contributed by atoms with Crippen molar-refractivity contribution in [3.63, 3.8) is 0 Å². The lowest BCUT2D eigenvalue weighted by Crippen LogP contribution is -2.58. The van der Waals surface area contributed by atoms with Gasteiger partial charge in [-0.2, -0.15) is 0 Å². The molecule has 0 heterocycles. The van der Waals surface area contributed by atoms with E-state index in [9.17, 15) is 25.2 Å². The molecule has 0 aromatic heterocycles. The fourth-order valence-corrected chi connectivity index (χ4v) is 4.57. The molecule has 0 radical (unpaired) electrons. The lowest BCUT2D eigenvalue weighted by molar-refractivity contribution is -0.244. The van der Waals surface area contributed by atoms with E-state index < -0.39 is 42.5 Å². The average molecular weight is 560 g/mol. The van der Waals surface area contributed by atoms with Crippen LogP contribution in [0.2, 0.25) is 0 Å². The van der Waals surface area contributed by atoms with E-state index in [1.807, 2.05) is 102 Å². The van der Waals surface area contributed by atoms with Gasteiger partial charge in [-0.1, -0.05) is 81.4 Å². The second-order valence-electron chi connectivity index (χ2n) is 11.9. The first-order valence-corrected chi connectivity index (χ1v) is 14.0. The molecule has 0 spiro atoms. The molecule has 0 unspecified atom stereocenters. The number of hydrogen-bond acceptors (Lipinski definition) is 8. The van der Waals surface area contributed by atoms with Crippen molar-refractivity contribution in [3.05, 3.63) is 71.8 Å². The summed E-state index contributed by atoms with van der Waals surface area (Å²) in [4.78, 5) is 13.5. The highest BCUT2D eigenvalue weighted by atomic mass is 16.6. The Kier molecular flexibility index (Phi) is 13.7. The van der Waals surface area contributed by atoms with Gasteiger partial charge >= 0.3 is 5.97 Å². The summed E-state index contributed by atoms with van der Waals surface area (Å²) in [5.74, 6) is -0.905. The van der Waals surface area contributed by atoms with E-state index >= 15 is 0 Å². The molecule has 0 fully saturated rings. The second kappa shape index (κ2) is 16.2. The number of nitrogens with zero attached hydrogens (tertiary/aromatic N) is 1. The molecule has 2 aromatic rings. The van der Waals surface area contributed by atoms with Crippen LogP contribution in [0, 0.1) is 5.92 Å². The van der Waals surface area contributed by atoms with Crippen LogP contribution < -0.4 is 10.6 Å². The van der Waals surface area contributed by atoms with Gasteiger partial charge in [-0.3, -0.25) is 20.3 Å². The van der Waals surface area contributed by atoms with Crippen molar-refractivity contribution in [2.24, 2.45) is 5.92 Å². The summed E-state index contributed by atoms with van der Waals surface area (Å²) < 4.78 is 5.82. The number of aliphatic hydroxyl groups is 3. The van der Waals surface area contributed by atoms with E-state index in [1.54, 1.807) is 4.90 Å². The van der Waals surface area contributed by atoms with Gasteiger partial charge < -0.3 is 25.2 Å². The quantitative estimate of drug-likeness (QED) is 0.162. The van der Waals surface area contributed by atoms with E-state index in [4.69, 9.17) is 4.74 Å². The van der Waals surface area contributed by atoms with E-state index in [0.717, 1.165) is 11.1 Å². The first-order valence-electron chi connectivity index (χ1n) is 14.0. The van der Waals surface area contributed by atoms with Gasteiger partial charge in [0.1, 0.15) is 18.5 Å². The molecule has 0 aliphatic heterocycles. The average Bonchev–Trinajstić information content (AvgIpc) is 2.87. The number of ether oxygens (including phenoxy) is 1. The Morgan fingerprint density at radius 1 is 0.900 bits per heavy atom. The Morgan fingerprint density at radius 3 is 2.00 bits per heavy atom. The number of nitrogens with one attached hydrogen (secondary N) is 2. The molecule has 2 rings (SSSR count). The van der Waals surface area contributed by atoms with Gasteiger partial charge in [-0.15, -0.1) is 0 Å². The maximum atomic E-state index is 11.8. The molecule has 40 heavy (non-hydrogen) atoms. The monoisotopic (exact) mass is 559 g/mol. The molecule has 2 aromatic carbocycles. The molecule has 9 nitrogen and oxygen atoms in total. The van der Waals surface area contributed by atoms with Crippen LogP contribution in [-0.4, -0.2) is 80.9 Å². The summed E-state index contributed by atoms with van der Waals surface area (Å²) in [6, 6.07) is 17.7. The molecule has 6 N–H and O–H groups in total. The minimum absolute atomic E-state index is 0.000777. The third kappa shape index (κ3) is 12.4. The van der Waals surface area contributed by atoms with E-state index in [2.05, 4.69) is 10.6 Å². The summed E-state index contributed by atoms with van der Waals surface area (Å²) in [6.07, 6.45) is -3.03. The van der Waals surface area contributed by atoms with Crippen LogP contribution in [0.1, 0.15) is 65.0 Å². The van der Waals surface area contributed by atoms with Crippen LogP contribution in [0.15, 0.2) is 60.7 Å². The summed E-state index contributed by atoms with van der Waals surface area (Å²) in [6.45, 7) is 11.8. The summed E-state index contributed by atoms with van der Waals surface area (Å²) in [7, 11) is 0. The van der Waals surface area contributed by atoms with Crippen LogP contribution in [0.3, 0.4) is 0 Å². The molecule has 9 heteroatoms. The third-order valence-electron chi connectivity index (χ3n) is 6.52. The zero-order valence-electron chi connectivity index (χ0n) is 24.7. The van der Waals surface area contributed by atoms with Crippen LogP contribution in [0.4, 0.5) is 0 Å². The van der Waals surface area contributed by atoms with E-state index in [0.29, 0.717) is 19.4 Å². The molecular formula is C31H49N3O6. The number of rotatable bonds is 17. The lowest BCUT2D eigenvalue weighted by atomic mass is 10.0. The van der Waals surface area contributed by atoms with Gasteiger partial charge in [0.15, 0.2) is 0 Å². The van der Waals surface area contributed by atoms with Crippen molar-refractivity contribution in [3.8, 4) is 0 Å². The number of carbonyl (C=O) groups is 1. The molecule has 0 saturated carbocycles. The number of aliphatic carboxylic acids is 1. The maximum Gasteiger partial charge on any atom is 0.320 e. The maximum absolute atomic E-state index is 11.8.